The Bertz CT molecular complexity index is 610. The number of nitrogens with zero attached hydrogens (tertiary/aromatic N) is 4. The minimum atomic E-state index is -0.108. The zero-order valence-corrected chi connectivity index (χ0v) is 12.1. The highest BCUT2D eigenvalue weighted by Gasteiger charge is 2.23. The van der Waals surface area contributed by atoms with Gasteiger partial charge >= 0.3 is 0 Å². The number of carbonyl (C=O) groups is 1. The number of aromatic nitrogens is 3. The lowest BCUT2D eigenvalue weighted by molar-refractivity contribution is 0.0927. The molecular weight excluding hydrogens is 266 g/mol. The van der Waals surface area contributed by atoms with Crippen LogP contribution in [0.4, 0.5) is 5.82 Å². The standard InChI is InChI=1S/C15H19N5O/c1-19-10-7-13(18-19)15(21)17-12-5-4-9-20(11-12)14-6-2-3-8-16-14/h2-3,6-8,10,12H,4-5,9,11H2,1H3,(H,17,21)/t12-/m0/s1. The van der Waals surface area contributed by atoms with Crippen LogP contribution in [0.25, 0.3) is 0 Å². The number of rotatable bonds is 3. The molecule has 110 valence electrons. The third-order valence-corrected chi connectivity index (χ3v) is 3.68. The maximum atomic E-state index is 12.1. The second-order valence-corrected chi connectivity index (χ2v) is 5.32. The lowest BCUT2D eigenvalue weighted by Crippen LogP contribution is -2.48. The van der Waals surface area contributed by atoms with Gasteiger partial charge in [-0.1, -0.05) is 6.07 Å². The summed E-state index contributed by atoms with van der Waals surface area (Å²) in [6.45, 7) is 1.77. The highest BCUT2D eigenvalue weighted by Crippen LogP contribution is 2.17. The first-order chi connectivity index (χ1) is 10.2. The van der Waals surface area contributed by atoms with E-state index in [-0.39, 0.29) is 11.9 Å². The summed E-state index contributed by atoms with van der Waals surface area (Å²) in [5.74, 6) is 0.859. The molecule has 0 spiro atoms. The van der Waals surface area contributed by atoms with Crippen molar-refractivity contribution in [3.05, 3.63) is 42.4 Å². The predicted molar refractivity (Wildman–Crippen MR) is 80.1 cm³/mol. The van der Waals surface area contributed by atoms with E-state index in [2.05, 4.69) is 20.3 Å². The van der Waals surface area contributed by atoms with E-state index in [4.69, 9.17) is 0 Å². The predicted octanol–water partition coefficient (Wildman–Crippen LogP) is 1.21. The van der Waals surface area contributed by atoms with Gasteiger partial charge in [-0.25, -0.2) is 4.98 Å². The number of anilines is 1. The second-order valence-electron chi connectivity index (χ2n) is 5.32. The van der Waals surface area contributed by atoms with E-state index in [1.54, 1.807) is 30.2 Å². The van der Waals surface area contributed by atoms with E-state index in [9.17, 15) is 4.79 Å². The number of amides is 1. The molecule has 1 fully saturated rings. The molecule has 2 aromatic rings. The van der Waals surface area contributed by atoms with Crippen LogP contribution in [-0.4, -0.2) is 39.8 Å². The highest BCUT2D eigenvalue weighted by atomic mass is 16.2. The number of aryl methyl sites for hydroxylation is 1. The first kappa shape index (κ1) is 13.6. The van der Waals surface area contributed by atoms with Gasteiger partial charge in [-0.15, -0.1) is 0 Å². The molecule has 0 radical (unpaired) electrons. The van der Waals surface area contributed by atoms with Crippen molar-refractivity contribution in [3.63, 3.8) is 0 Å². The molecule has 0 unspecified atom stereocenters. The molecule has 1 amide bonds. The molecule has 0 bridgehead atoms. The van der Waals surface area contributed by atoms with Crippen molar-refractivity contribution >= 4 is 11.7 Å². The number of carbonyl (C=O) groups excluding carboxylic acids is 1. The number of nitrogens with one attached hydrogen (secondary N) is 1. The monoisotopic (exact) mass is 285 g/mol. The van der Waals surface area contributed by atoms with Gasteiger partial charge in [-0.05, 0) is 31.0 Å². The fourth-order valence-corrected chi connectivity index (χ4v) is 2.64. The minimum absolute atomic E-state index is 0.108. The van der Waals surface area contributed by atoms with Crippen LogP contribution in [0.2, 0.25) is 0 Å². The van der Waals surface area contributed by atoms with E-state index in [1.807, 2.05) is 18.2 Å². The van der Waals surface area contributed by atoms with Gasteiger partial charge in [0.2, 0.25) is 0 Å². The Morgan fingerprint density at radius 3 is 3.00 bits per heavy atom. The zero-order chi connectivity index (χ0) is 14.7. The molecule has 2 aromatic heterocycles. The van der Waals surface area contributed by atoms with Crippen LogP contribution in [0, 0.1) is 0 Å². The van der Waals surface area contributed by atoms with Crippen LogP contribution >= 0.6 is 0 Å². The van der Waals surface area contributed by atoms with Gasteiger partial charge in [0.05, 0.1) is 0 Å². The molecular formula is C15H19N5O. The molecule has 0 aliphatic carbocycles. The largest absolute Gasteiger partial charge is 0.355 e. The van der Waals surface area contributed by atoms with Gasteiger partial charge in [0.25, 0.3) is 5.91 Å². The van der Waals surface area contributed by atoms with Crippen molar-refractivity contribution in [3.8, 4) is 0 Å². The van der Waals surface area contributed by atoms with Crippen molar-refractivity contribution in [2.45, 2.75) is 18.9 Å². The Kier molecular flexibility index (Phi) is 3.85. The van der Waals surface area contributed by atoms with Gasteiger partial charge in [0, 0.05) is 38.6 Å². The number of hydrogen-bond acceptors (Lipinski definition) is 4. The minimum Gasteiger partial charge on any atom is -0.355 e. The van der Waals surface area contributed by atoms with Gasteiger partial charge in [0.15, 0.2) is 0 Å². The summed E-state index contributed by atoms with van der Waals surface area (Å²) in [5, 5.41) is 7.20. The first-order valence-corrected chi connectivity index (χ1v) is 7.19. The first-order valence-electron chi connectivity index (χ1n) is 7.19. The normalized spacial score (nSPS) is 18.5. The van der Waals surface area contributed by atoms with E-state index in [0.29, 0.717) is 5.69 Å². The lowest BCUT2D eigenvalue weighted by atomic mass is 10.1. The number of piperidine rings is 1. The molecule has 1 atom stereocenters. The van der Waals surface area contributed by atoms with Crippen LogP contribution < -0.4 is 10.2 Å². The van der Waals surface area contributed by atoms with E-state index >= 15 is 0 Å². The molecule has 1 N–H and O–H groups in total. The number of hydrogen-bond donors (Lipinski definition) is 1. The topological polar surface area (TPSA) is 63.1 Å². The Morgan fingerprint density at radius 2 is 2.29 bits per heavy atom. The second kappa shape index (κ2) is 5.95. The van der Waals surface area contributed by atoms with Crippen LogP contribution in [0.15, 0.2) is 36.7 Å². The van der Waals surface area contributed by atoms with Crippen LogP contribution in [0.1, 0.15) is 23.3 Å². The SMILES string of the molecule is Cn1ccc(C(=O)N[C@H]2CCCN(c3ccccn3)C2)n1. The molecule has 21 heavy (non-hydrogen) atoms. The molecule has 6 heteroatoms. The van der Waals surface area contributed by atoms with Crippen LogP contribution in [0.3, 0.4) is 0 Å². The Labute approximate surface area is 123 Å². The highest BCUT2D eigenvalue weighted by molar-refractivity contribution is 5.92. The summed E-state index contributed by atoms with van der Waals surface area (Å²) < 4.78 is 1.63. The quantitative estimate of drug-likeness (QED) is 0.921. The Morgan fingerprint density at radius 1 is 1.38 bits per heavy atom. The molecule has 0 saturated carbocycles. The fraction of sp³-hybridized carbons (Fsp3) is 0.400. The van der Waals surface area contributed by atoms with Crippen molar-refractivity contribution in [1.82, 2.24) is 20.1 Å². The molecule has 0 aromatic carbocycles. The molecule has 1 aliphatic rings. The maximum Gasteiger partial charge on any atom is 0.272 e. The third-order valence-electron chi connectivity index (χ3n) is 3.68. The van der Waals surface area contributed by atoms with Gasteiger partial charge in [-0.2, -0.15) is 5.10 Å². The lowest BCUT2D eigenvalue weighted by Gasteiger charge is -2.33. The molecule has 1 aliphatic heterocycles. The summed E-state index contributed by atoms with van der Waals surface area (Å²) in [4.78, 5) is 18.7. The Hall–Kier alpha value is -2.37. The van der Waals surface area contributed by atoms with Gasteiger partial charge < -0.3 is 10.2 Å². The van der Waals surface area contributed by atoms with Crippen molar-refractivity contribution in [1.29, 1.82) is 0 Å². The summed E-state index contributed by atoms with van der Waals surface area (Å²) in [6.07, 6.45) is 5.60. The smallest absolute Gasteiger partial charge is 0.272 e. The average Bonchev–Trinajstić information content (AvgIpc) is 2.95. The summed E-state index contributed by atoms with van der Waals surface area (Å²) in [6, 6.07) is 7.76. The molecule has 3 rings (SSSR count). The summed E-state index contributed by atoms with van der Waals surface area (Å²) in [5.41, 5.74) is 0.465. The zero-order valence-electron chi connectivity index (χ0n) is 12.1. The van der Waals surface area contributed by atoms with Crippen molar-refractivity contribution < 1.29 is 4.79 Å². The van der Waals surface area contributed by atoms with E-state index in [0.717, 1.165) is 31.7 Å². The fourth-order valence-electron chi connectivity index (χ4n) is 2.64. The van der Waals surface area contributed by atoms with E-state index < -0.39 is 0 Å². The van der Waals surface area contributed by atoms with Crippen LogP contribution in [-0.2, 0) is 7.05 Å². The Balaban J connectivity index is 1.62. The molecule has 6 nitrogen and oxygen atoms in total. The molecule has 1 saturated heterocycles. The summed E-state index contributed by atoms with van der Waals surface area (Å²) >= 11 is 0. The van der Waals surface area contributed by atoms with Crippen LogP contribution in [0.5, 0.6) is 0 Å². The average molecular weight is 285 g/mol. The van der Waals surface area contributed by atoms with Gasteiger partial charge in [0.1, 0.15) is 11.5 Å². The summed E-state index contributed by atoms with van der Waals surface area (Å²) in [7, 11) is 1.81. The maximum absolute atomic E-state index is 12.1. The molecule has 3 heterocycles. The van der Waals surface area contributed by atoms with Gasteiger partial charge in [-0.3, -0.25) is 9.48 Å². The van der Waals surface area contributed by atoms with E-state index in [1.165, 1.54) is 0 Å². The van der Waals surface area contributed by atoms with Crippen molar-refractivity contribution in [2.24, 2.45) is 7.05 Å². The number of pyridine rings is 1. The van der Waals surface area contributed by atoms with Crippen molar-refractivity contribution in [2.75, 3.05) is 18.0 Å². The third kappa shape index (κ3) is 3.21.